The first-order valence-corrected chi connectivity index (χ1v) is 6.89. The Kier molecular flexibility index (Phi) is 3.41. The van der Waals surface area contributed by atoms with E-state index in [9.17, 15) is 4.79 Å². The standard InChI is InChI=1S/C15H18N4O/c1-12-10-13(18-7-2-3-8-18)4-5-14(12)17-15(20)19-9-6-16-11-19/h4-6,9-11H,2-3,7-8H2,1H3,(H,17,20). The van der Waals surface area contributed by atoms with Crippen molar-refractivity contribution in [2.45, 2.75) is 19.8 Å². The van der Waals surface area contributed by atoms with E-state index >= 15 is 0 Å². The Morgan fingerprint density at radius 3 is 2.75 bits per heavy atom. The summed E-state index contributed by atoms with van der Waals surface area (Å²) in [5, 5.41) is 2.90. The van der Waals surface area contributed by atoms with Gasteiger partial charge in [0, 0.05) is 36.9 Å². The molecule has 1 aromatic heterocycles. The lowest BCUT2D eigenvalue weighted by molar-refractivity contribution is 0.253. The number of benzene rings is 1. The number of nitrogens with zero attached hydrogens (tertiary/aromatic N) is 3. The largest absolute Gasteiger partial charge is 0.372 e. The summed E-state index contributed by atoms with van der Waals surface area (Å²) in [4.78, 5) is 18.2. The van der Waals surface area contributed by atoms with E-state index in [0.29, 0.717) is 0 Å². The molecule has 0 atom stereocenters. The van der Waals surface area contributed by atoms with Crippen LogP contribution in [0.15, 0.2) is 36.9 Å². The van der Waals surface area contributed by atoms with Crippen LogP contribution in [0.1, 0.15) is 18.4 Å². The molecule has 0 saturated carbocycles. The Morgan fingerprint density at radius 1 is 1.30 bits per heavy atom. The van der Waals surface area contributed by atoms with Gasteiger partial charge in [-0.05, 0) is 43.5 Å². The molecule has 5 heteroatoms. The maximum Gasteiger partial charge on any atom is 0.331 e. The van der Waals surface area contributed by atoms with Gasteiger partial charge in [-0.25, -0.2) is 9.78 Å². The summed E-state index contributed by atoms with van der Waals surface area (Å²) >= 11 is 0. The number of carbonyl (C=O) groups excluding carboxylic acids is 1. The quantitative estimate of drug-likeness (QED) is 0.913. The molecule has 1 fully saturated rings. The minimum Gasteiger partial charge on any atom is -0.372 e. The lowest BCUT2D eigenvalue weighted by atomic mass is 10.1. The molecule has 20 heavy (non-hydrogen) atoms. The highest BCUT2D eigenvalue weighted by Crippen LogP contribution is 2.25. The number of aryl methyl sites for hydroxylation is 1. The summed E-state index contributed by atoms with van der Waals surface area (Å²) in [5.41, 5.74) is 3.15. The fourth-order valence-corrected chi connectivity index (χ4v) is 2.52. The fraction of sp³-hybridized carbons (Fsp3) is 0.333. The summed E-state index contributed by atoms with van der Waals surface area (Å²) in [6.07, 6.45) is 7.23. The van der Waals surface area contributed by atoms with Crippen LogP contribution in [0.3, 0.4) is 0 Å². The summed E-state index contributed by atoms with van der Waals surface area (Å²) in [6, 6.07) is 5.98. The summed E-state index contributed by atoms with van der Waals surface area (Å²) in [5.74, 6) is 0. The Hall–Kier alpha value is -2.30. The number of rotatable bonds is 2. The number of nitrogens with one attached hydrogen (secondary N) is 1. The predicted molar refractivity (Wildman–Crippen MR) is 79.3 cm³/mol. The summed E-state index contributed by atoms with van der Waals surface area (Å²) in [7, 11) is 0. The third kappa shape index (κ3) is 2.52. The molecule has 0 spiro atoms. The lowest BCUT2D eigenvalue weighted by Crippen LogP contribution is -2.20. The average molecular weight is 270 g/mol. The van der Waals surface area contributed by atoms with Crippen LogP contribution in [-0.4, -0.2) is 28.7 Å². The van der Waals surface area contributed by atoms with Crippen LogP contribution in [-0.2, 0) is 0 Å². The third-order valence-electron chi connectivity index (χ3n) is 3.66. The normalized spacial score (nSPS) is 14.6. The maximum absolute atomic E-state index is 12.0. The van der Waals surface area contributed by atoms with E-state index in [1.54, 1.807) is 12.4 Å². The highest BCUT2D eigenvalue weighted by atomic mass is 16.2. The molecular formula is C15H18N4O. The first-order valence-electron chi connectivity index (χ1n) is 6.89. The lowest BCUT2D eigenvalue weighted by Gasteiger charge is -2.19. The molecule has 5 nitrogen and oxygen atoms in total. The zero-order valence-corrected chi connectivity index (χ0v) is 11.5. The molecule has 1 N–H and O–H groups in total. The number of imidazole rings is 1. The zero-order chi connectivity index (χ0) is 13.9. The molecule has 1 amide bonds. The van der Waals surface area contributed by atoms with E-state index in [-0.39, 0.29) is 6.03 Å². The van der Waals surface area contributed by atoms with E-state index in [2.05, 4.69) is 27.3 Å². The van der Waals surface area contributed by atoms with E-state index in [4.69, 9.17) is 0 Å². The molecule has 1 aliphatic rings. The fourth-order valence-electron chi connectivity index (χ4n) is 2.52. The van der Waals surface area contributed by atoms with Crippen molar-refractivity contribution in [1.82, 2.24) is 9.55 Å². The van der Waals surface area contributed by atoms with Gasteiger partial charge in [-0.3, -0.25) is 4.57 Å². The molecule has 2 heterocycles. The van der Waals surface area contributed by atoms with Crippen molar-refractivity contribution in [3.8, 4) is 0 Å². The third-order valence-corrected chi connectivity index (χ3v) is 3.66. The molecular weight excluding hydrogens is 252 g/mol. The van der Waals surface area contributed by atoms with Crippen molar-refractivity contribution in [3.05, 3.63) is 42.5 Å². The Labute approximate surface area is 118 Å². The Balaban J connectivity index is 1.75. The van der Waals surface area contributed by atoms with Gasteiger partial charge in [0.05, 0.1) is 0 Å². The zero-order valence-electron chi connectivity index (χ0n) is 11.5. The first kappa shape index (κ1) is 12.7. The highest BCUT2D eigenvalue weighted by molar-refractivity contribution is 5.91. The smallest absolute Gasteiger partial charge is 0.331 e. The minimum atomic E-state index is -0.195. The molecule has 0 radical (unpaired) electrons. The van der Waals surface area contributed by atoms with Crippen molar-refractivity contribution in [2.24, 2.45) is 0 Å². The van der Waals surface area contributed by atoms with E-state index in [1.165, 1.54) is 29.4 Å². The predicted octanol–water partition coefficient (Wildman–Crippen LogP) is 2.87. The molecule has 1 aliphatic heterocycles. The Bertz CT molecular complexity index is 600. The van der Waals surface area contributed by atoms with Crippen LogP contribution in [0.4, 0.5) is 16.2 Å². The van der Waals surface area contributed by atoms with Gasteiger partial charge in [0.2, 0.25) is 0 Å². The second kappa shape index (κ2) is 5.36. The second-order valence-electron chi connectivity index (χ2n) is 5.09. The summed E-state index contributed by atoms with van der Waals surface area (Å²) in [6.45, 7) is 4.27. The van der Waals surface area contributed by atoms with Crippen molar-refractivity contribution >= 4 is 17.4 Å². The van der Waals surface area contributed by atoms with Crippen LogP contribution in [0.5, 0.6) is 0 Å². The van der Waals surface area contributed by atoms with Gasteiger partial charge in [-0.2, -0.15) is 0 Å². The molecule has 0 bridgehead atoms. The van der Waals surface area contributed by atoms with Crippen molar-refractivity contribution in [2.75, 3.05) is 23.3 Å². The number of aromatic nitrogens is 2. The highest BCUT2D eigenvalue weighted by Gasteiger charge is 2.13. The molecule has 1 saturated heterocycles. The van der Waals surface area contributed by atoms with Gasteiger partial charge in [0.1, 0.15) is 6.33 Å². The van der Waals surface area contributed by atoms with Crippen LogP contribution < -0.4 is 10.2 Å². The number of hydrogen-bond donors (Lipinski definition) is 1. The van der Waals surface area contributed by atoms with Crippen molar-refractivity contribution in [3.63, 3.8) is 0 Å². The van der Waals surface area contributed by atoms with Crippen LogP contribution in [0.25, 0.3) is 0 Å². The minimum absolute atomic E-state index is 0.195. The van der Waals surface area contributed by atoms with Gasteiger partial charge in [0.15, 0.2) is 0 Å². The van der Waals surface area contributed by atoms with Crippen LogP contribution >= 0.6 is 0 Å². The van der Waals surface area contributed by atoms with Gasteiger partial charge in [-0.15, -0.1) is 0 Å². The van der Waals surface area contributed by atoms with Gasteiger partial charge in [-0.1, -0.05) is 0 Å². The average Bonchev–Trinajstić information content (AvgIpc) is 3.14. The number of carbonyl (C=O) groups is 1. The molecule has 1 aromatic carbocycles. The molecule has 0 aliphatic carbocycles. The van der Waals surface area contributed by atoms with Gasteiger partial charge in [0.25, 0.3) is 0 Å². The topological polar surface area (TPSA) is 50.2 Å². The first-order chi connectivity index (χ1) is 9.74. The Morgan fingerprint density at radius 2 is 2.10 bits per heavy atom. The molecule has 104 valence electrons. The van der Waals surface area contributed by atoms with E-state index in [0.717, 1.165) is 24.3 Å². The van der Waals surface area contributed by atoms with Crippen molar-refractivity contribution in [1.29, 1.82) is 0 Å². The molecule has 2 aromatic rings. The SMILES string of the molecule is Cc1cc(N2CCCC2)ccc1NC(=O)n1ccnc1. The van der Waals surface area contributed by atoms with E-state index in [1.807, 2.05) is 13.0 Å². The number of amides is 1. The second-order valence-corrected chi connectivity index (χ2v) is 5.09. The van der Waals surface area contributed by atoms with Crippen molar-refractivity contribution < 1.29 is 4.79 Å². The number of anilines is 2. The van der Waals surface area contributed by atoms with Gasteiger partial charge < -0.3 is 10.2 Å². The van der Waals surface area contributed by atoms with Crippen LogP contribution in [0, 0.1) is 6.92 Å². The maximum atomic E-state index is 12.0. The monoisotopic (exact) mass is 270 g/mol. The molecule has 0 unspecified atom stereocenters. The van der Waals surface area contributed by atoms with Crippen LogP contribution in [0.2, 0.25) is 0 Å². The van der Waals surface area contributed by atoms with E-state index < -0.39 is 0 Å². The summed E-state index contributed by atoms with van der Waals surface area (Å²) < 4.78 is 1.42. The van der Waals surface area contributed by atoms with Gasteiger partial charge >= 0.3 is 6.03 Å². The number of hydrogen-bond acceptors (Lipinski definition) is 3. The molecule has 3 rings (SSSR count).